The minimum Gasteiger partial charge on any atom is -0.363 e. The Morgan fingerprint density at radius 2 is 1.95 bits per heavy atom. The molecule has 1 atom stereocenters. The number of anilines is 1. The lowest BCUT2D eigenvalue weighted by atomic mass is 9.91. The SMILES string of the molecule is CCC1CNC2(CCCC2)CN1c1cc(F)cc(F)c1F. The van der Waals surface area contributed by atoms with Gasteiger partial charge >= 0.3 is 0 Å². The Labute approximate surface area is 123 Å². The van der Waals surface area contributed by atoms with E-state index in [2.05, 4.69) is 5.32 Å². The third-order valence-corrected chi connectivity index (χ3v) is 4.94. The monoisotopic (exact) mass is 298 g/mol. The molecule has 1 aromatic rings. The first kappa shape index (κ1) is 14.7. The predicted octanol–water partition coefficient (Wildman–Crippen LogP) is 3.60. The van der Waals surface area contributed by atoms with Crippen LogP contribution in [0.25, 0.3) is 0 Å². The van der Waals surface area contributed by atoms with Crippen LogP contribution in [0.5, 0.6) is 0 Å². The second-order valence-corrected chi connectivity index (χ2v) is 6.28. The molecule has 1 N–H and O–H groups in total. The van der Waals surface area contributed by atoms with Gasteiger partial charge < -0.3 is 10.2 Å². The molecule has 21 heavy (non-hydrogen) atoms. The molecule has 1 heterocycles. The topological polar surface area (TPSA) is 15.3 Å². The largest absolute Gasteiger partial charge is 0.363 e. The molecule has 3 rings (SSSR count). The van der Waals surface area contributed by atoms with Crippen molar-refractivity contribution in [1.82, 2.24) is 5.32 Å². The molecule has 1 spiro atoms. The van der Waals surface area contributed by atoms with Gasteiger partial charge in [0, 0.05) is 36.8 Å². The molecule has 2 aliphatic rings. The van der Waals surface area contributed by atoms with E-state index in [4.69, 9.17) is 0 Å². The summed E-state index contributed by atoms with van der Waals surface area (Å²) in [5.74, 6) is -2.78. The maximum Gasteiger partial charge on any atom is 0.182 e. The zero-order valence-electron chi connectivity index (χ0n) is 12.3. The highest BCUT2D eigenvalue weighted by atomic mass is 19.2. The van der Waals surface area contributed by atoms with Gasteiger partial charge in [-0.3, -0.25) is 0 Å². The molecule has 2 nitrogen and oxygen atoms in total. The van der Waals surface area contributed by atoms with Crippen molar-refractivity contribution in [2.45, 2.75) is 50.6 Å². The highest BCUT2D eigenvalue weighted by Crippen LogP contribution is 2.36. The Morgan fingerprint density at radius 1 is 1.24 bits per heavy atom. The van der Waals surface area contributed by atoms with Gasteiger partial charge in [0.2, 0.25) is 0 Å². The first-order chi connectivity index (χ1) is 10.0. The summed E-state index contributed by atoms with van der Waals surface area (Å²) < 4.78 is 41.2. The lowest BCUT2D eigenvalue weighted by molar-refractivity contribution is 0.265. The predicted molar refractivity (Wildman–Crippen MR) is 76.9 cm³/mol. The smallest absolute Gasteiger partial charge is 0.182 e. The Bertz CT molecular complexity index is 526. The molecule has 2 fully saturated rings. The lowest BCUT2D eigenvalue weighted by Crippen LogP contribution is -2.63. The van der Waals surface area contributed by atoms with Gasteiger partial charge in [-0.15, -0.1) is 0 Å². The summed E-state index contributed by atoms with van der Waals surface area (Å²) in [5, 5.41) is 3.59. The van der Waals surface area contributed by atoms with Gasteiger partial charge in [-0.2, -0.15) is 0 Å². The van der Waals surface area contributed by atoms with E-state index < -0.39 is 17.5 Å². The molecule has 1 aliphatic heterocycles. The first-order valence-corrected chi connectivity index (χ1v) is 7.71. The Morgan fingerprint density at radius 3 is 2.62 bits per heavy atom. The Balaban J connectivity index is 1.96. The van der Waals surface area contributed by atoms with Gasteiger partial charge in [0.25, 0.3) is 0 Å². The zero-order chi connectivity index (χ0) is 15.0. The minimum atomic E-state index is -1.11. The van der Waals surface area contributed by atoms with E-state index in [1.54, 1.807) is 0 Å². The Kier molecular flexibility index (Phi) is 3.86. The van der Waals surface area contributed by atoms with Gasteiger partial charge in [0.05, 0.1) is 5.69 Å². The van der Waals surface area contributed by atoms with Crippen LogP contribution in [0.2, 0.25) is 0 Å². The molecule has 1 saturated carbocycles. The van der Waals surface area contributed by atoms with Crippen molar-refractivity contribution in [3.8, 4) is 0 Å². The van der Waals surface area contributed by atoms with Crippen LogP contribution in [-0.4, -0.2) is 24.7 Å². The number of rotatable bonds is 2. The van der Waals surface area contributed by atoms with Crippen LogP contribution in [0, 0.1) is 17.5 Å². The fourth-order valence-corrected chi connectivity index (χ4v) is 3.74. The summed E-state index contributed by atoms with van der Waals surface area (Å²) in [6.45, 7) is 3.36. The molecular weight excluding hydrogens is 277 g/mol. The summed E-state index contributed by atoms with van der Waals surface area (Å²) >= 11 is 0. The van der Waals surface area contributed by atoms with Crippen LogP contribution in [0.4, 0.5) is 18.9 Å². The average molecular weight is 298 g/mol. The lowest BCUT2D eigenvalue weighted by Gasteiger charge is -2.47. The van der Waals surface area contributed by atoms with Crippen molar-refractivity contribution in [1.29, 1.82) is 0 Å². The van der Waals surface area contributed by atoms with Crippen molar-refractivity contribution < 1.29 is 13.2 Å². The molecule has 5 heteroatoms. The summed E-state index contributed by atoms with van der Waals surface area (Å²) in [5.41, 5.74) is 0.0353. The number of hydrogen-bond acceptors (Lipinski definition) is 2. The molecule has 0 radical (unpaired) electrons. The van der Waals surface area contributed by atoms with Crippen molar-refractivity contribution >= 4 is 5.69 Å². The quantitative estimate of drug-likeness (QED) is 0.839. The van der Waals surface area contributed by atoms with E-state index in [0.29, 0.717) is 12.6 Å². The summed E-state index contributed by atoms with van der Waals surface area (Å²) in [6, 6.07) is 1.79. The van der Waals surface area contributed by atoms with E-state index in [9.17, 15) is 13.2 Å². The normalized spacial score (nSPS) is 24.8. The van der Waals surface area contributed by atoms with Crippen LogP contribution in [0.1, 0.15) is 39.0 Å². The summed E-state index contributed by atoms with van der Waals surface area (Å²) in [4.78, 5) is 1.86. The molecule has 0 amide bonds. The van der Waals surface area contributed by atoms with Crippen LogP contribution in [0.3, 0.4) is 0 Å². The minimum absolute atomic E-state index is 0.0269. The van der Waals surface area contributed by atoms with E-state index in [-0.39, 0.29) is 17.3 Å². The summed E-state index contributed by atoms with van der Waals surface area (Å²) in [6.07, 6.45) is 5.19. The number of hydrogen-bond donors (Lipinski definition) is 1. The molecule has 116 valence electrons. The van der Waals surface area contributed by atoms with Crippen LogP contribution in [0.15, 0.2) is 12.1 Å². The number of nitrogens with zero attached hydrogens (tertiary/aromatic N) is 1. The third kappa shape index (κ3) is 2.63. The van der Waals surface area contributed by atoms with Crippen molar-refractivity contribution in [3.05, 3.63) is 29.6 Å². The van der Waals surface area contributed by atoms with Crippen LogP contribution < -0.4 is 10.2 Å². The molecule has 1 aliphatic carbocycles. The van der Waals surface area contributed by atoms with Crippen LogP contribution in [-0.2, 0) is 0 Å². The van der Waals surface area contributed by atoms with E-state index in [0.717, 1.165) is 44.7 Å². The van der Waals surface area contributed by atoms with Crippen molar-refractivity contribution in [3.63, 3.8) is 0 Å². The van der Waals surface area contributed by atoms with Crippen LogP contribution >= 0.6 is 0 Å². The molecule has 0 aromatic heterocycles. The highest BCUT2D eigenvalue weighted by Gasteiger charge is 2.41. The zero-order valence-corrected chi connectivity index (χ0v) is 12.3. The second kappa shape index (κ2) is 5.52. The molecule has 1 aromatic carbocycles. The van der Waals surface area contributed by atoms with Crippen molar-refractivity contribution in [2.75, 3.05) is 18.0 Å². The van der Waals surface area contributed by atoms with Gasteiger partial charge in [0.15, 0.2) is 11.6 Å². The first-order valence-electron chi connectivity index (χ1n) is 7.71. The van der Waals surface area contributed by atoms with E-state index in [1.807, 2.05) is 11.8 Å². The Hall–Kier alpha value is -1.23. The number of nitrogens with one attached hydrogen (secondary N) is 1. The average Bonchev–Trinajstić information content (AvgIpc) is 2.91. The van der Waals surface area contributed by atoms with Gasteiger partial charge in [-0.05, 0) is 19.3 Å². The molecular formula is C16H21F3N2. The summed E-state index contributed by atoms with van der Waals surface area (Å²) in [7, 11) is 0. The number of benzene rings is 1. The maximum absolute atomic E-state index is 14.1. The van der Waals surface area contributed by atoms with Gasteiger partial charge in [-0.25, -0.2) is 13.2 Å². The molecule has 1 unspecified atom stereocenters. The fourth-order valence-electron chi connectivity index (χ4n) is 3.74. The fraction of sp³-hybridized carbons (Fsp3) is 0.625. The number of halogens is 3. The van der Waals surface area contributed by atoms with E-state index in [1.165, 1.54) is 0 Å². The molecule has 0 bridgehead atoms. The third-order valence-electron chi connectivity index (χ3n) is 4.94. The van der Waals surface area contributed by atoms with Gasteiger partial charge in [-0.1, -0.05) is 19.8 Å². The second-order valence-electron chi connectivity index (χ2n) is 6.28. The van der Waals surface area contributed by atoms with Gasteiger partial charge in [0.1, 0.15) is 5.82 Å². The number of piperazine rings is 1. The van der Waals surface area contributed by atoms with E-state index >= 15 is 0 Å². The standard InChI is InChI=1S/C16H21F3N2/c1-2-12-9-20-16(5-3-4-6-16)10-21(12)14-8-11(17)7-13(18)15(14)19/h7-8,12,20H,2-6,9-10H2,1H3. The molecule has 1 saturated heterocycles. The maximum atomic E-state index is 14.1. The van der Waals surface area contributed by atoms with Crippen molar-refractivity contribution in [2.24, 2.45) is 0 Å². The highest BCUT2D eigenvalue weighted by molar-refractivity contribution is 5.51.